The van der Waals surface area contributed by atoms with Gasteiger partial charge in [0.05, 0.1) is 5.60 Å². The monoisotopic (exact) mass is 241 g/mol. The maximum Gasteiger partial charge on any atom is 0.0804 e. The summed E-state index contributed by atoms with van der Waals surface area (Å²) >= 11 is 0. The molecule has 102 valence electrons. The lowest BCUT2D eigenvalue weighted by Gasteiger charge is -2.39. The molecular formula is C15H31NO. The second-order valence-corrected chi connectivity index (χ2v) is 5.65. The van der Waals surface area contributed by atoms with Crippen molar-refractivity contribution in [3.63, 3.8) is 0 Å². The van der Waals surface area contributed by atoms with Crippen LogP contribution in [0.1, 0.15) is 71.6 Å². The predicted octanol–water partition coefficient (Wildman–Crippen LogP) is 3.88. The van der Waals surface area contributed by atoms with Crippen molar-refractivity contribution < 1.29 is 4.74 Å². The molecule has 2 heteroatoms. The first kappa shape index (κ1) is 15.0. The molecule has 0 spiro atoms. The first-order valence-corrected chi connectivity index (χ1v) is 7.60. The molecule has 1 fully saturated rings. The Bertz CT molecular complexity index is 185. The Labute approximate surface area is 107 Å². The molecule has 0 unspecified atom stereocenters. The van der Waals surface area contributed by atoms with E-state index in [0.29, 0.717) is 6.54 Å². The average molecular weight is 241 g/mol. The molecule has 0 radical (unpaired) electrons. The van der Waals surface area contributed by atoms with Crippen molar-refractivity contribution in [3.05, 3.63) is 0 Å². The second kappa shape index (κ2) is 8.10. The Hall–Kier alpha value is -0.0800. The molecule has 0 bridgehead atoms. The van der Waals surface area contributed by atoms with Crippen LogP contribution in [0.4, 0.5) is 0 Å². The van der Waals surface area contributed by atoms with Crippen LogP contribution in [-0.4, -0.2) is 18.8 Å². The Morgan fingerprint density at radius 3 is 2.35 bits per heavy atom. The van der Waals surface area contributed by atoms with E-state index in [9.17, 15) is 0 Å². The van der Waals surface area contributed by atoms with E-state index < -0.39 is 0 Å². The molecule has 0 aromatic carbocycles. The van der Waals surface area contributed by atoms with E-state index in [4.69, 9.17) is 10.5 Å². The number of nitrogens with two attached hydrogens (primary N) is 1. The Balaban J connectivity index is 2.22. The number of hydrogen-bond acceptors (Lipinski definition) is 2. The normalized spacial score (nSPS) is 29.5. The van der Waals surface area contributed by atoms with Gasteiger partial charge in [-0.1, -0.05) is 39.5 Å². The summed E-state index contributed by atoms with van der Waals surface area (Å²) in [6.07, 6.45) is 11.4. The van der Waals surface area contributed by atoms with Gasteiger partial charge in [-0.15, -0.1) is 0 Å². The molecule has 2 N–H and O–H groups in total. The van der Waals surface area contributed by atoms with Crippen LogP contribution in [0.2, 0.25) is 0 Å². The van der Waals surface area contributed by atoms with E-state index in [-0.39, 0.29) is 5.60 Å². The van der Waals surface area contributed by atoms with Crippen molar-refractivity contribution in [2.24, 2.45) is 11.7 Å². The van der Waals surface area contributed by atoms with Crippen molar-refractivity contribution >= 4 is 0 Å². The Morgan fingerprint density at radius 1 is 1.12 bits per heavy atom. The molecule has 0 aromatic rings. The van der Waals surface area contributed by atoms with Gasteiger partial charge in [0.1, 0.15) is 0 Å². The van der Waals surface area contributed by atoms with Gasteiger partial charge in [0.25, 0.3) is 0 Å². The van der Waals surface area contributed by atoms with Gasteiger partial charge in [-0.3, -0.25) is 0 Å². The van der Waals surface area contributed by atoms with E-state index >= 15 is 0 Å². The summed E-state index contributed by atoms with van der Waals surface area (Å²) < 4.78 is 6.13. The van der Waals surface area contributed by atoms with Crippen LogP contribution in [0, 0.1) is 5.92 Å². The van der Waals surface area contributed by atoms with Gasteiger partial charge < -0.3 is 10.5 Å². The highest BCUT2D eigenvalue weighted by molar-refractivity contribution is 4.88. The van der Waals surface area contributed by atoms with Gasteiger partial charge >= 0.3 is 0 Å². The minimum Gasteiger partial charge on any atom is -0.374 e. The minimum absolute atomic E-state index is 0.0257. The zero-order valence-corrected chi connectivity index (χ0v) is 11.8. The number of hydrogen-bond donors (Lipinski definition) is 1. The first-order valence-electron chi connectivity index (χ1n) is 7.60. The minimum atomic E-state index is 0.0257. The molecular weight excluding hydrogens is 210 g/mol. The number of ether oxygens (including phenoxy) is 1. The maximum atomic E-state index is 6.13. The molecule has 0 aromatic heterocycles. The van der Waals surface area contributed by atoms with Gasteiger partial charge in [0.2, 0.25) is 0 Å². The van der Waals surface area contributed by atoms with Gasteiger partial charge in [-0.25, -0.2) is 0 Å². The third-order valence-electron chi connectivity index (χ3n) is 4.37. The molecule has 0 atom stereocenters. The van der Waals surface area contributed by atoms with Crippen molar-refractivity contribution in [2.75, 3.05) is 13.2 Å². The van der Waals surface area contributed by atoms with Crippen LogP contribution in [0.25, 0.3) is 0 Å². The molecule has 0 aliphatic heterocycles. The summed E-state index contributed by atoms with van der Waals surface area (Å²) in [7, 11) is 0. The fourth-order valence-corrected chi connectivity index (χ4v) is 2.84. The molecule has 0 saturated heterocycles. The summed E-state index contributed by atoms with van der Waals surface area (Å²) in [5, 5.41) is 0. The van der Waals surface area contributed by atoms with Crippen molar-refractivity contribution in [2.45, 2.75) is 77.2 Å². The largest absolute Gasteiger partial charge is 0.374 e. The smallest absolute Gasteiger partial charge is 0.0804 e. The van der Waals surface area contributed by atoms with Crippen LogP contribution in [-0.2, 0) is 4.74 Å². The van der Waals surface area contributed by atoms with Crippen LogP contribution in [0.3, 0.4) is 0 Å². The summed E-state index contributed by atoms with van der Waals surface area (Å²) in [4.78, 5) is 0. The van der Waals surface area contributed by atoms with E-state index in [2.05, 4.69) is 13.8 Å². The van der Waals surface area contributed by atoms with Gasteiger partial charge in [-0.05, 0) is 38.0 Å². The summed E-state index contributed by atoms with van der Waals surface area (Å²) in [6.45, 7) is 6.16. The fourth-order valence-electron chi connectivity index (χ4n) is 2.84. The molecule has 2 nitrogen and oxygen atoms in total. The standard InChI is InChI=1S/C15H31NO/c1-3-5-6-7-12-17-15(13-16)10-8-14(4-2)9-11-15/h14H,3-13,16H2,1-2H3. The maximum absolute atomic E-state index is 6.13. The third kappa shape index (κ3) is 4.97. The SMILES string of the molecule is CCCCCCOC1(CN)CCC(CC)CC1. The topological polar surface area (TPSA) is 35.2 Å². The Kier molecular flexibility index (Phi) is 7.14. The summed E-state index contributed by atoms with van der Waals surface area (Å²) in [6, 6.07) is 0. The van der Waals surface area contributed by atoms with Crippen LogP contribution >= 0.6 is 0 Å². The van der Waals surface area contributed by atoms with Gasteiger partial charge in [-0.2, -0.15) is 0 Å². The molecule has 1 aliphatic carbocycles. The van der Waals surface area contributed by atoms with Crippen molar-refractivity contribution in [1.82, 2.24) is 0 Å². The lowest BCUT2D eigenvalue weighted by atomic mass is 9.77. The lowest BCUT2D eigenvalue weighted by molar-refractivity contribution is -0.0726. The highest BCUT2D eigenvalue weighted by atomic mass is 16.5. The first-order chi connectivity index (χ1) is 8.26. The van der Waals surface area contributed by atoms with Crippen molar-refractivity contribution in [1.29, 1.82) is 0 Å². The molecule has 17 heavy (non-hydrogen) atoms. The molecule has 1 rings (SSSR count). The van der Waals surface area contributed by atoms with E-state index in [1.54, 1.807) is 0 Å². The van der Waals surface area contributed by atoms with Crippen LogP contribution < -0.4 is 5.73 Å². The van der Waals surface area contributed by atoms with E-state index in [1.165, 1.54) is 57.8 Å². The Morgan fingerprint density at radius 2 is 1.82 bits per heavy atom. The van der Waals surface area contributed by atoms with E-state index in [0.717, 1.165) is 12.5 Å². The highest BCUT2D eigenvalue weighted by Crippen LogP contribution is 2.35. The summed E-state index contributed by atoms with van der Waals surface area (Å²) in [5.41, 5.74) is 5.97. The third-order valence-corrected chi connectivity index (χ3v) is 4.37. The second-order valence-electron chi connectivity index (χ2n) is 5.65. The van der Waals surface area contributed by atoms with Crippen LogP contribution in [0.15, 0.2) is 0 Å². The average Bonchev–Trinajstić information content (AvgIpc) is 2.39. The fraction of sp³-hybridized carbons (Fsp3) is 1.00. The van der Waals surface area contributed by atoms with Gasteiger partial charge in [0.15, 0.2) is 0 Å². The van der Waals surface area contributed by atoms with Gasteiger partial charge in [0, 0.05) is 13.2 Å². The quantitative estimate of drug-likeness (QED) is 0.654. The van der Waals surface area contributed by atoms with E-state index in [1.807, 2.05) is 0 Å². The number of unbranched alkanes of at least 4 members (excludes halogenated alkanes) is 3. The molecule has 0 amide bonds. The number of rotatable bonds is 8. The molecule has 1 aliphatic rings. The summed E-state index contributed by atoms with van der Waals surface area (Å²) in [5.74, 6) is 0.915. The predicted molar refractivity (Wildman–Crippen MR) is 74.1 cm³/mol. The molecule has 0 heterocycles. The highest BCUT2D eigenvalue weighted by Gasteiger charge is 2.34. The zero-order valence-electron chi connectivity index (χ0n) is 11.8. The van der Waals surface area contributed by atoms with Crippen molar-refractivity contribution in [3.8, 4) is 0 Å². The molecule has 1 saturated carbocycles. The van der Waals surface area contributed by atoms with Crippen LogP contribution in [0.5, 0.6) is 0 Å². The zero-order chi connectivity index (χ0) is 12.6. The lowest BCUT2D eigenvalue weighted by Crippen LogP contribution is -2.44.